The van der Waals surface area contributed by atoms with Gasteiger partial charge in [0.05, 0.1) is 6.04 Å². The SMILES string of the molecule is Cc1ccc(C2NCCc3c2[nH]c2ccc(Br)cc32)c(C)c1. The zero-order chi connectivity index (χ0) is 15.3. The highest BCUT2D eigenvalue weighted by Gasteiger charge is 2.26. The molecule has 1 aliphatic rings. The van der Waals surface area contributed by atoms with E-state index in [4.69, 9.17) is 0 Å². The van der Waals surface area contributed by atoms with Gasteiger partial charge in [0, 0.05) is 27.6 Å². The molecule has 0 amide bonds. The van der Waals surface area contributed by atoms with Crippen molar-refractivity contribution in [2.75, 3.05) is 6.54 Å². The van der Waals surface area contributed by atoms with Crippen molar-refractivity contribution in [3.05, 3.63) is 68.8 Å². The molecule has 0 aliphatic carbocycles. The monoisotopic (exact) mass is 354 g/mol. The molecule has 0 fully saturated rings. The molecule has 1 unspecified atom stereocenters. The van der Waals surface area contributed by atoms with Crippen molar-refractivity contribution < 1.29 is 0 Å². The van der Waals surface area contributed by atoms with Crippen LogP contribution in [-0.2, 0) is 6.42 Å². The normalized spacial score (nSPS) is 17.7. The van der Waals surface area contributed by atoms with E-state index in [0.29, 0.717) is 0 Å². The lowest BCUT2D eigenvalue weighted by atomic mass is 9.91. The maximum atomic E-state index is 3.68. The summed E-state index contributed by atoms with van der Waals surface area (Å²) in [5, 5.41) is 5.03. The first-order chi connectivity index (χ1) is 10.6. The fourth-order valence-electron chi connectivity index (χ4n) is 3.62. The third-order valence-electron chi connectivity index (χ3n) is 4.65. The van der Waals surface area contributed by atoms with Gasteiger partial charge in [0.15, 0.2) is 0 Å². The van der Waals surface area contributed by atoms with Crippen LogP contribution in [0, 0.1) is 13.8 Å². The van der Waals surface area contributed by atoms with Crippen molar-refractivity contribution in [2.45, 2.75) is 26.3 Å². The zero-order valence-corrected chi connectivity index (χ0v) is 14.4. The van der Waals surface area contributed by atoms with Gasteiger partial charge < -0.3 is 10.3 Å². The second-order valence-corrected chi connectivity index (χ2v) is 7.12. The Morgan fingerprint density at radius 2 is 1.95 bits per heavy atom. The molecular weight excluding hydrogens is 336 g/mol. The minimum atomic E-state index is 0.260. The first kappa shape index (κ1) is 14.0. The van der Waals surface area contributed by atoms with Gasteiger partial charge in [-0.05, 0) is 55.2 Å². The summed E-state index contributed by atoms with van der Waals surface area (Å²) in [6, 6.07) is 13.5. The third kappa shape index (κ3) is 2.20. The Morgan fingerprint density at radius 3 is 2.77 bits per heavy atom. The second-order valence-electron chi connectivity index (χ2n) is 6.20. The van der Waals surface area contributed by atoms with Gasteiger partial charge in [0.25, 0.3) is 0 Å². The molecule has 3 aromatic rings. The number of H-pyrrole nitrogens is 1. The zero-order valence-electron chi connectivity index (χ0n) is 12.8. The van der Waals surface area contributed by atoms with Crippen molar-refractivity contribution in [1.82, 2.24) is 10.3 Å². The van der Waals surface area contributed by atoms with Crippen LogP contribution in [0.25, 0.3) is 10.9 Å². The maximum absolute atomic E-state index is 3.68. The minimum absolute atomic E-state index is 0.260. The fraction of sp³-hybridized carbons (Fsp3) is 0.263. The molecule has 3 heteroatoms. The van der Waals surface area contributed by atoms with Crippen LogP contribution >= 0.6 is 15.9 Å². The van der Waals surface area contributed by atoms with Crippen LogP contribution in [0.1, 0.15) is 34.0 Å². The molecule has 2 aromatic carbocycles. The fourth-order valence-corrected chi connectivity index (χ4v) is 3.98. The van der Waals surface area contributed by atoms with E-state index in [9.17, 15) is 0 Å². The highest BCUT2D eigenvalue weighted by atomic mass is 79.9. The van der Waals surface area contributed by atoms with Gasteiger partial charge in [0.1, 0.15) is 0 Å². The lowest BCUT2D eigenvalue weighted by molar-refractivity contribution is 0.558. The highest BCUT2D eigenvalue weighted by Crippen LogP contribution is 2.35. The minimum Gasteiger partial charge on any atom is -0.357 e. The van der Waals surface area contributed by atoms with Gasteiger partial charge in [-0.2, -0.15) is 0 Å². The first-order valence-corrected chi connectivity index (χ1v) is 8.53. The number of hydrogen-bond acceptors (Lipinski definition) is 1. The van der Waals surface area contributed by atoms with Gasteiger partial charge in [-0.25, -0.2) is 0 Å². The van der Waals surface area contributed by atoms with E-state index in [0.717, 1.165) is 17.4 Å². The molecule has 0 radical (unpaired) electrons. The van der Waals surface area contributed by atoms with Crippen molar-refractivity contribution in [1.29, 1.82) is 0 Å². The number of halogens is 1. The number of fused-ring (bicyclic) bond motifs is 3. The molecule has 0 saturated carbocycles. The lowest BCUT2D eigenvalue weighted by Gasteiger charge is -2.26. The number of aromatic nitrogens is 1. The predicted molar refractivity (Wildman–Crippen MR) is 95.5 cm³/mol. The lowest BCUT2D eigenvalue weighted by Crippen LogP contribution is -2.30. The summed E-state index contributed by atoms with van der Waals surface area (Å²) in [4.78, 5) is 3.65. The number of hydrogen-bond donors (Lipinski definition) is 2. The van der Waals surface area contributed by atoms with E-state index in [1.807, 2.05) is 0 Å². The largest absolute Gasteiger partial charge is 0.357 e. The first-order valence-electron chi connectivity index (χ1n) is 7.74. The molecule has 0 bridgehead atoms. The molecule has 1 aliphatic heterocycles. The average molecular weight is 355 g/mol. The van der Waals surface area contributed by atoms with Crippen LogP contribution in [0.2, 0.25) is 0 Å². The van der Waals surface area contributed by atoms with E-state index in [-0.39, 0.29) is 6.04 Å². The van der Waals surface area contributed by atoms with E-state index in [2.05, 4.69) is 76.5 Å². The van der Waals surface area contributed by atoms with Crippen molar-refractivity contribution in [3.63, 3.8) is 0 Å². The smallest absolute Gasteiger partial charge is 0.0734 e. The summed E-state index contributed by atoms with van der Waals surface area (Å²) in [7, 11) is 0. The van der Waals surface area contributed by atoms with E-state index >= 15 is 0 Å². The van der Waals surface area contributed by atoms with Crippen LogP contribution in [-0.4, -0.2) is 11.5 Å². The molecule has 1 aromatic heterocycles. The highest BCUT2D eigenvalue weighted by molar-refractivity contribution is 9.10. The van der Waals surface area contributed by atoms with Gasteiger partial charge in [-0.15, -0.1) is 0 Å². The quantitative estimate of drug-likeness (QED) is 0.646. The summed E-state index contributed by atoms with van der Waals surface area (Å²) in [5.74, 6) is 0. The molecule has 0 saturated heterocycles. The van der Waals surface area contributed by atoms with Crippen molar-refractivity contribution in [3.8, 4) is 0 Å². The van der Waals surface area contributed by atoms with Crippen LogP contribution in [0.5, 0.6) is 0 Å². The molecule has 1 atom stereocenters. The Balaban J connectivity index is 1.90. The van der Waals surface area contributed by atoms with Crippen LogP contribution in [0.4, 0.5) is 0 Å². The Kier molecular flexibility index (Phi) is 3.35. The summed E-state index contributed by atoms with van der Waals surface area (Å²) >= 11 is 3.60. The Labute approximate surface area is 139 Å². The van der Waals surface area contributed by atoms with E-state index in [1.165, 1.54) is 38.9 Å². The third-order valence-corrected chi connectivity index (χ3v) is 5.14. The number of nitrogens with one attached hydrogen (secondary N) is 2. The summed E-state index contributed by atoms with van der Waals surface area (Å²) in [6.45, 7) is 5.37. The molecule has 22 heavy (non-hydrogen) atoms. The number of aromatic amines is 1. The number of benzene rings is 2. The van der Waals surface area contributed by atoms with Crippen LogP contribution in [0.15, 0.2) is 40.9 Å². The Morgan fingerprint density at radius 1 is 1.09 bits per heavy atom. The number of aryl methyl sites for hydroxylation is 2. The molecule has 4 rings (SSSR count). The van der Waals surface area contributed by atoms with Gasteiger partial charge in [-0.3, -0.25) is 0 Å². The molecule has 2 N–H and O–H groups in total. The Bertz CT molecular complexity index is 863. The van der Waals surface area contributed by atoms with Gasteiger partial charge in [-0.1, -0.05) is 39.7 Å². The van der Waals surface area contributed by atoms with Crippen LogP contribution < -0.4 is 5.32 Å². The van der Waals surface area contributed by atoms with Gasteiger partial charge in [0.2, 0.25) is 0 Å². The summed E-state index contributed by atoms with van der Waals surface area (Å²) in [5.41, 5.74) is 8.05. The molecular formula is C19H19BrN2. The predicted octanol–water partition coefficient (Wildman–Crippen LogP) is 4.78. The average Bonchev–Trinajstić information content (AvgIpc) is 2.85. The summed E-state index contributed by atoms with van der Waals surface area (Å²) < 4.78 is 1.14. The van der Waals surface area contributed by atoms with Gasteiger partial charge >= 0.3 is 0 Å². The molecule has 2 heterocycles. The van der Waals surface area contributed by atoms with E-state index < -0.39 is 0 Å². The summed E-state index contributed by atoms with van der Waals surface area (Å²) in [6.07, 6.45) is 1.08. The Hall–Kier alpha value is -1.58. The maximum Gasteiger partial charge on any atom is 0.0734 e. The topological polar surface area (TPSA) is 27.8 Å². The van der Waals surface area contributed by atoms with Crippen molar-refractivity contribution >= 4 is 26.8 Å². The number of rotatable bonds is 1. The standard InChI is InChI=1S/C19H19BrN2/c1-11-3-5-14(12(2)9-11)18-19-15(7-8-21-18)16-10-13(20)4-6-17(16)22-19/h3-6,9-10,18,21-22H,7-8H2,1-2H3. The van der Waals surface area contributed by atoms with Crippen molar-refractivity contribution in [2.24, 2.45) is 0 Å². The van der Waals surface area contributed by atoms with Crippen LogP contribution in [0.3, 0.4) is 0 Å². The molecule has 0 spiro atoms. The molecule has 112 valence electrons. The van der Waals surface area contributed by atoms with E-state index in [1.54, 1.807) is 0 Å². The second kappa shape index (κ2) is 5.25. The molecule has 2 nitrogen and oxygen atoms in total.